The second-order valence-corrected chi connectivity index (χ2v) is 12.9. The lowest BCUT2D eigenvalue weighted by Crippen LogP contribution is -2.16. The first-order valence-corrected chi connectivity index (χ1v) is 15.9. The van der Waals surface area contributed by atoms with Crippen molar-refractivity contribution in [3.8, 4) is 11.1 Å². The highest BCUT2D eigenvalue weighted by Gasteiger charge is 2.38. The van der Waals surface area contributed by atoms with Crippen molar-refractivity contribution >= 4 is 71.7 Å². The van der Waals surface area contributed by atoms with Gasteiger partial charge in [0.15, 0.2) is 5.58 Å². The van der Waals surface area contributed by atoms with Gasteiger partial charge in [-0.2, -0.15) is 0 Å². The summed E-state index contributed by atoms with van der Waals surface area (Å²) in [5.41, 5.74) is 11.7. The van der Waals surface area contributed by atoms with Crippen LogP contribution in [-0.2, 0) is 5.41 Å². The number of hydrogen-bond acceptors (Lipinski definition) is 3. The number of para-hydroxylation sites is 2. The van der Waals surface area contributed by atoms with E-state index in [-0.39, 0.29) is 5.41 Å². The Bertz CT molecular complexity index is 2690. The van der Waals surface area contributed by atoms with Crippen molar-refractivity contribution in [3.63, 3.8) is 0 Å². The van der Waals surface area contributed by atoms with E-state index in [1.54, 1.807) is 0 Å². The van der Waals surface area contributed by atoms with Crippen LogP contribution in [0, 0.1) is 0 Å². The Labute approximate surface area is 265 Å². The second-order valence-electron chi connectivity index (χ2n) is 12.9. The highest BCUT2D eigenvalue weighted by Crippen LogP contribution is 2.56. The predicted molar refractivity (Wildman–Crippen MR) is 191 cm³/mol. The maximum atomic E-state index is 6.82. The Morgan fingerprint density at radius 1 is 0.500 bits per heavy atom. The second kappa shape index (κ2) is 9.12. The van der Waals surface area contributed by atoms with Gasteiger partial charge < -0.3 is 13.7 Å². The van der Waals surface area contributed by atoms with Gasteiger partial charge in [-0.15, -0.1) is 0 Å². The lowest BCUT2D eigenvalue weighted by atomic mass is 9.82. The summed E-state index contributed by atoms with van der Waals surface area (Å²) >= 11 is 0. The van der Waals surface area contributed by atoms with E-state index in [0.29, 0.717) is 0 Å². The quantitative estimate of drug-likeness (QED) is 0.205. The molecule has 7 aromatic carbocycles. The Kier molecular flexibility index (Phi) is 5.06. The van der Waals surface area contributed by atoms with Crippen LogP contribution in [0.5, 0.6) is 0 Å². The van der Waals surface area contributed by atoms with E-state index in [0.717, 1.165) is 66.3 Å². The molecule has 9 aromatic rings. The molecule has 0 N–H and O–H groups in total. The van der Waals surface area contributed by atoms with Crippen molar-refractivity contribution in [3.05, 3.63) is 151 Å². The molecule has 0 radical (unpaired) electrons. The van der Waals surface area contributed by atoms with Crippen molar-refractivity contribution in [2.75, 3.05) is 4.90 Å². The van der Waals surface area contributed by atoms with E-state index in [2.05, 4.69) is 140 Å². The first-order valence-electron chi connectivity index (χ1n) is 15.9. The maximum absolute atomic E-state index is 6.82. The Balaban J connectivity index is 1.37. The average molecular weight is 592 g/mol. The summed E-state index contributed by atoms with van der Waals surface area (Å²) in [6.45, 7) is 4.67. The standard InChI is InChI=1S/C43H29NO2/c1-43(2)34-17-8-5-16-32(34)40-35(43)18-11-19-36(40)44(27-22-23-31-29-14-6-9-20-37(29)45-39(31)25-27)41-28-13-4-3-12-26(28)24-33-30-15-7-10-21-38(30)46-42(33)41/h3-25H,1-2H3. The molecule has 3 nitrogen and oxygen atoms in total. The number of rotatable bonds is 3. The van der Waals surface area contributed by atoms with E-state index < -0.39 is 0 Å². The fraction of sp³-hybridized carbons (Fsp3) is 0.0698. The Morgan fingerprint density at radius 2 is 1.15 bits per heavy atom. The number of benzene rings is 7. The third-order valence-electron chi connectivity index (χ3n) is 10.0. The molecule has 0 aliphatic heterocycles. The molecular formula is C43H29NO2. The zero-order chi connectivity index (χ0) is 30.6. The molecule has 0 spiro atoms. The van der Waals surface area contributed by atoms with Crippen LogP contribution in [0.2, 0.25) is 0 Å². The minimum atomic E-state index is -0.135. The fourth-order valence-electron chi connectivity index (χ4n) is 7.89. The summed E-state index contributed by atoms with van der Waals surface area (Å²) in [7, 11) is 0. The fourth-order valence-corrected chi connectivity index (χ4v) is 7.89. The van der Waals surface area contributed by atoms with E-state index in [1.165, 1.54) is 27.6 Å². The SMILES string of the molecule is CC1(C)c2ccccc2-c2c(N(c3ccc4c(c3)oc3ccccc34)c3c4ccccc4cc4c3oc3ccccc34)cccc21. The lowest BCUT2D eigenvalue weighted by Gasteiger charge is -2.30. The number of fused-ring (bicyclic) bond motifs is 10. The van der Waals surface area contributed by atoms with Gasteiger partial charge in [0.2, 0.25) is 0 Å². The van der Waals surface area contributed by atoms with Gasteiger partial charge in [-0.05, 0) is 58.5 Å². The van der Waals surface area contributed by atoms with Gasteiger partial charge in [-0.1, -0.05) is 111 Å². The number of anilines is 3. The molecule has 2 heterocycles. The van der Waals surface area contributed by atoms with Crippen LogP contribution in [0.15, 0.2) is 148 Å². The molecule has 0 saturated heterocycles. The smallest absolute Gasteiger partial charge is 0.160 e. The van der Waals surface area contributed by atoms with Gasteiger partial charge in [0.1, 0.15) is 16.7 Å². The van der Waals surface area contributed by atoms with Crippen LogP contribution in [0.4, 0.5) is 17.1 Å². The molecule has 10 rings (SSSR count). The Hall–Kier alpha value is -5.80. The van der Waals surface area contributed by atoms with Crippen LogP contribution in [-0.4, -0.2) is 0 Å². The van der Waals surface area contributed by atoms with Gasteiger partial charge in [-0.3, -0.25) is 0 Å². The van der Waals surface area contributed by atoms with E-state index in [1.807, 2.05) is 18.2 Å². The summed E-state index contributed by atoms with van der Waals surface area (Å²) in [6, 6.07) is 49.8. The van der Waals surface area contributed by atoms with Crippen LogP contribution in [0.1, 0.15) is 25.0 Å². The predicted octanol–water partition coefficient (Wildman–Crippen LogP) is 12.4. The van der Waals surface area contributed by atoms with Crippen molar-refractivity contribution in [1.82, 2.24) is 0 Å². The average Bonchev–Trinajstić information content (AvgIpc) is 3.72. The van der Waals surface area contributed by atoms with Gasteiger partial charge in [0, 0.05) is 44.0 Å². The first kappa shape index (κ1) is 25.5. The van der Waals surface area contributed by atoms with E-state index >= 15 is 0 Å². The molecule has 0 unspecified atom stereocenters. The third kappa shape index (κ3) is 3.37. The molecule has 1 aliphatic carbocycles. The van der Waals surface area contributed by atoms with Crippen LogP contribution in [0.3, 0.4) is 0 Å². The highest BCUT2D eigenvalue weighted by atomic mass is 16.3. The topological polar surface area (TPSA) is 29.5 Å². The molecule has 218 valence electrons. The van der Waals surface area contributed by atoms with Crippen molar-refractivity contribution < 1.29 is 8.83 Å². The van der Waals surface area contributed by atoms with Gasteiger partial charge in [0.25, 0.3) is 0 Å². The zero-order valence-electron chi connectivity index (χ0n) is 25.5. The molecule has 0 fully saturated rings. The van der Waals surface area contributed by atoms with Crippen molar-refractivity contribution in [1.29, 1.82) is 0 Å². The molecule has 1 aliphatic rings. The van der Waals surface area contributed by atoms with Crippen LogP contribution in [0.25, 0.3) is 65.8 Å². The van der Waals surface area contributed by atoms with Crippen molar-refractivity contribution in [2.45, 2.75) is 19.3 Å². The molecule has 0 bridgehead atoms. The summed E-state index contributed by atoms with van der Waals surface area (Å²) in [5, 5.41) is 6.74. The van der Waals surface area contributed by atoms with Gasteiger partial charge >= 0.3 is 0 Å². The van der Waals surface area contributed by atoms with E-state index in [9.17, 15) is 0 Å². The van der Waals surface area contributed by atoms with Gasteiger partial charge in [-0.25, -0.2) is 0 Å². The third-order valence-corrected chi connectivity index (χ3v) is 10.0. The minimum Gasteiger partial charge on any atom is -0.456 e. The van der Waals surface area contributed by atoms with Crippen molar-refractivity contribution in [2.24, 2.45) is 0 Å². The molecule has 0 atom stereocenters. The highest BCUT2D eigenvalue weighted by molar-refractivity contribution is 6.20. The number of hydrogen-bond donors (Lipinski definition) is 0. The summed E-state index contributed by atoms with van der Waals surface area (Å²) in [6.07, 6.45) is 0. The lowest BCUT2D eigenvalue weighted by molar-refractivity contribution is 0.660. The van der Waals surface area contributed by atoms with Gasteiger partial charge in [0.05, 0.1) is 17.1 Å². The summed E-state index contributed by atoms with van der Waals surface area (Å²) in [5.74, 6) is 0. The largest absolute Gasteiger partial charge is 0.456 e. The molecule has 0 saturated carbocycles. The first-order chi connectivity index (χ1) is 22.6. The zero-order valence-corrected chi connectivity index (χ0v) is 25.5. The molecular weight excluding hydrogens is 562 g/mol. The molecule has 3 heteroatoms. The molecule has 2 aromatic heterocycles. The number of nitrogens with zero attached hydrogens (tertiary/aromatic N) is 1. The van der Waals surface area contributed by atoms with E-state index in [4.69, 9.17) is 8.83 Å². The summed E-state index contributed by atoms with van der Waals surface area (Å²) < 4.78 is 13.3. The monoisotopic (exact) mass is 591 g/mol. The normalized spacial score (nSPS) is 13.6. The van der Waals surface area contributed by atoms with Crippen LogP contribution < -0.4 is 4.90 Å². The minimum absolute atomic E-state index is 0.135. The maximum Gasteiger partial charge on any atom is 0.160 e. The van der Waals surface area contributed by atoms with Crippen LogP contribution >= 0.6 is 0 Å². The molecule has 46 heavy (non-hydrogen) atoms. The Morgan fingerprint density at radius 3 is 2.00 bits per heavy atom. The summed E-state index contributed by atoms with van der Waals surface area (Å²) in [4.78, 5) is 2.41. The molecule has 0 amide bonds. The number of furan rings is 2.